The fourth-order valence-corrected chi connectivity index (χ4v) is 4.17. The van der Waals surface area contributed by atoms with Crippen molar-refractivity contribution in [2.24, 2.45) is 0 Å². The number of fused-ring (bicyclic) bond motifs is 1. The smallest absolute Gasteiger partial charge is 0.141 e. The average Bonchev–Trinajstić information content (AvgIpc) is 3.29. The Morgan fingerprint density at radius 1 is 1.17 bits per heavy atom. The molecule has 2 aromatic heterocycles. The first-order chi connectivity index (χ1) is 11.8. The molecular formula is C18H19N3O2S. The summed E-state index contributed by atoms with van der Waals surface area (Å²) < 4.78 is 10.9. The Balaban J connectivity index is 1.77. The van der Waals surface area contributed by atoms with Gasteiger partial charge < -0.3 is 14.4 Å². The molecule has 0 bridgehead atoms. The lowest BCUT2D eigenvalue weighted by molar-refractivity contribution is 0.388. The van der Waals surface area contributed by atoms with Crippen LogP contribution in [0, 0.1) is 0 Å². The second-order valence-electron chi connectivity index (χ2n) is 5.80. The highest BCUT2D eigenvalue weighted by Crippen LogP contribution is 2.42. The van der Waals surface area contributed by atoms with E-state index in [2.05, 4.69) is 32.4 Å². The quantitative estimate of drug-likeness (QED) is 0.716. The lowest BCUT2D eigenvalue weighted by Crippen LogP contribution is -2.24. The van der Waals surface area contributed by atoms with E-state index in [1.807, 2.05) is 12.1 Å². The molecule has 0 unspecified atom stereocenters. The van der Waals surface area contributed by atoms with Gasteiger partial charge in [-0.3, -0.25) is 0 Å². The Kier molecular flexibility index (Phi) is 3.98. The molecule has 1 atom stereocenters. The van der Waals surface area contributed by atoms with Crippen molar-refractivity contribution in [2.45, 2.75) is 18.9 Å². The van der Waals surface area contributed by atoms with Crippen LogP contribution in [0.3, 0.4) is 0 Å². The maximum atomic E-state index is 5.62. The van der Waals surface area contributed by atoms with Gasteiger partial charge in [0.2, 0.25) is 0 Å². The highest BCUT2D eigenvalue weighted by molar-refractivity contribution is 7.16. The van der Waals surface area contributed by atoms with Gasteiger partial charge in [-0.1, -0.05) is 0 Å². The lowest BCUT2D eigenvalue weighted by atomic mass is 10.0. The summed E-state index contributed by atoms with van der Waals surface area (Å²) in [6.45, 7) is 0.988. The molecule has 1 saturated heterocycles. The van der Waals surface area contributed by atoms with Crippen LogP contribution in [0.25, 0.3) is 10.2 Å². The predicted molar refractivity (Wildman–Crippen MR) is 96.3 cm³/mol. The van der Waals surface area contributed by atoms with Crippen molar-refractivity contribution >= 4 is 27.4 Å². The molecule has 4 rings (SSSR count). The maximum absolute atomic E-state index is 5.62. The summed E-state index contributed by atoms with van der Waals surface area (Å²) in [5, 5.41) is 3.20. The molecule has 1 aliphatic heterocycles. The summed E-state index contributed by atoms with van der Waals surface area (Å²) in [6.07, 6.45) is 3.88. The summed E-state index contributed by atoms with van der Waals surface area (Å²) in [6, 6.07) is 8.41. The number of ether oxygens (including phenoxy) is 2. The molecule has 0 saturated carbocycles. The zero-order valence-corrected chi connectivity index (χ0v) is 14.5. The zero-order chi connectivity index (χ0) is 16.5. The third-order valence-corrected chi connectivity index (χ3v) is 5.39. The largest absolute Gasteiger partial charge is 0.497 e. The molecule has 0 amide bonds. The second-order valence-corrected chi connectivity index (χ2v) is 6.69. The predicted octanol–water partition coefficient (Wildman–Crippen LogP) is 4.05. The number of methoxy groups -OCH3 is 2. The minimum atomic E-state index is 0.254. The molecule has 3 aromatic rings. The van der Waals surface area contributed by atoms with E-state index in [1.54, 1.807) is 31.9 Å². The van der Waals surface area contributed by atoms with E-state index in [0.29, 0.717) is 0 Å². The number of hydrogen-bond acceptors (Lipinski definition) is 6. The number of rotatable bonds is 4. The van der Waals surface area contributed by atoms with Crippen LogP contribution in [0.1, 0.15) is 24.4 Å². The minimum absolute atomic E-state index is 0.254. The van der Waals surface area contributed by atoms with Crippen molar-refractivity contribution in [2.75, 3.05) is 25.7 Å². The first-order valence-corrected chi connectivity index (χ1v) is 8.86. The van der Waals surface area contributed by atoms with Crippen LogP contribution in [0.15, 0.2) is 36.0 Å². The Morgan fingerprint density at radius 3 is 2.92 bits per heavy atom. The molecule has 5 nitrogen and oxygen atoms in total. The third-order valence-electron chi connectivity index (χ3n) is 4.57. The molecule has 24 heavy (non-hydrogen) atoms. The topological polar surface area (TPSA) is 47.5 Å². The molecule has 6 heteroatoms. The Morgan fingerprint density at radius 2 is 2.08 bits per heavy atom. The summed E-state index contributed by atoms with van der Waals surface area (Å²) in [5.74, 6) is 2.69. The molecule has 0 radical (unpaired) electrons. The van der Waals surface area contributed by atoms with Crippen molar-refractivity contribution in [3.8, 4) is 11.5 Å². The van der Waals surface area contributed by atoms with Gasteiger partial charge in [0.1, 0.15) is 28.5 Å². The number of nitrogens with zero attached hydrogens (tertiary/aromatic N) is 3. The van der Waals surface area contributed by atoms with E-state index in [4.69, 9.17) is 9.47 Å². The molecule has 3 heterocycles. The SMILES string of the molecule is COc1ccc([C@H]2CCCN2c2ncnc3sccc23)c(OC)c1. The molecule has 0 N–H and O–H groups in total. The monoisotopic (exact) mass is 341 g/mol. The van der Waals surface area contributed by atoms with Crippen molar-refractivity contribution in [3.63, 3.8) is 0 Å². The van der Waals surface area contributed by atoms with Gasteiger partial charge >= 0.3 is 0 Å². The van der Waals surface area contributed by atoms with Crippen molar-refractivity contribution in [1.82, 2.24) is 9.97 Å². The first kappa shape index (κ1) is 15.2. The minimum Gasteiger partial charge on any atom is -0.497 e. The second kappa shape index (κ2) is 6.28. The van der Waals surface area contributed by atoms with E-state index < -0.39 is 0 Å². The number of anilines is 1. The summed E-state index contributed by atoms with van der Waals surface area (Å²) in [5.41, 5.74) is 1.18. The van der Waals surface area contributed by atoms with E-state index >= 15 is 0 Å². The maximum Gasteiger partial charge on any atom is 0.141 e. The highest BCUT2D eigenvalue weighted by Gasteiger charge is 2.30. The number of hydrogen-bond donors (Lipinski definition) is 0. The first-order valence-electron chi connectivity index (χ1n) is 7.98. The number of benzene rings is 1. The fourth-order valence-electron chi connectivity index (χ4n) is 3.44. The van der Waals surface area contributed by atoms with Gasteiger partial charge in [-0.15, -0.1) is 11.3 Å². The van der Waals surface area contributed by atoms with Crippen LogP contribution >= 0.6 is 11.3 Å². The standard InChI is InChI=1S/C18H19N3O2S/c1-22-12-5-6-13(16(10-12)23-2)15-4-3-8-21(15)17-14-7-9-24-18(14)20-11-19-17/h5-7,9-11,15H,3-4,8H2,1-2H3/t15-/m1/s1. The summed E-state index contributed by atoms with van der Waals surface area (Å²) >= 11 is 1.65. The number of aromatic nitrogens is 2. The van der Waals surface area contributed by atoms with E-state index in [-0.39, 0.29) is 6.04 Å². The van der Waals surface area contributed by atoms with Crippen LogP contribution in [0.4, 0.5) is 5.82 Å². The van der Waals surface area contributed by atoms with Crippen LogP contribution in [-0.2, 0) is 0 Å². The molecule has 0 spiro atoms. The van der Waals surface area contributed by atoms with E-state index in [9.17, 15) is 0 Å². The van der Waals surface area contributed by atoms with Gasteiger partial charge in [0.05, 0.1) is 25.6 Å². The van der Waals surface area contributed by atoms with Crippen molar-refractivity contribution < 1.29 is 9.47 Å². The van der Waals surface area contributed by atoms with Crippen LogP contribution < -0.4 is 14.4 Å². The highest BCUT2D eigenvalue weighted by atomic mass is 32.1. The molecule has 1 aromatic carbocycles. The van der Waals surface area contributed by atoms with Crippen molar-refractivity contribution in [3.05, 3.63) is 41.5 Å². The molecular weight excluding hydrogens is 322 g/mol. The Bertz CT molecular complexity index is 864. The van der Waals surface area contributed by atoms with Gasteiger partial charge in [-0.2, -0.15) is 0 Å². The van der Waals surface area contributed by atoms with Crippen LogP contribution in [-0.4, -0.2) is 30.7 Å². The average molecular weight is 341 g/mol. The van der Waals surface area contributed by atoms with Crippen LogP contribution in [0.2, 0.25) is 0 Å². The van der Waals surface area contributed by atoms with Gasteiger partial charge in [0.25, 0.3) is 0 Å². The van der Waals surface area contributed by atoms with Gasteiger partial charge in [0, 0.05) is 18.2 Å². The molecule has 1 aliphatic rings. The van der Waals surface area contributed by atoms with Crippen LogP contribution in [0.5, 0.6) is 11.5 Å². The summed E-state index contributed by atoms with van der Waals surface area (Å²) in [4.78, 5) is 12.4. The lowest BCUT2D eigenvalue weighted by Gasteiger charge is -2.27. The van der Waals surface area contributed by atoms with Crippen molar-refractivity contribution in [1.29, 1.82) is 0 Å². The van der Waals surface area contributed by atoms with Gasteiger partial charge in [-0.25, -0.2) is 9.97 Å². The fraction of sp³-hybridized carbons (Fsp3) is 0.333. The Labute approximate surface area is 144 Å². The molecule has 1 fully saturated rings. The zero-order valence-electron chi connectivity index (χ0n) is 13.7. The van der Waals surface area contributed by atoms with E-state index in [1.165, 1.54) is 5.56 Å². The normalized spacial score (nSPS) is 17.4. The van der Waals surface area contributed by atoms with Gasteiger partial charge in [0.15, 0.2) is 0 Å². The molecule has 0 aliphatic carbocycles. The van der Waals surface area contributed by atoms with Gasteiger partial charge in [-0.05, 0) is 36.4 Å². The third kappa shape index (κ3) is 2.47. The number of thiophene rings is 1. The Hall–Kier alpha value is -2.34. The molecule has 124 valence electrons. The summed E-state index contributed by atoms with van der Waals surface area (Å²) in [7, 11) is 3.38. The van der Waals surface area contributed by atoms with E-state index in [0.717, 1.165) is 46.9 Å².